The minimum absolute atomic E-state index is 0.150. The van der Waals surface area contributed by atoms with Crippen LogP contribution in [0.1, 0.15) is 0 Å². The van der Waals surface area contributed by atoms with Gasteiger partial charge < -0.3 is 0 Å². The predicted molar refractivity (Wildman–Crippen MR) is 95.6 cm³/mol. The lowest BCUT2D eigenvalue weighted by Gasteiger charge is -2.13. The molecule has 4 nitrogen and oxygen atoms in total. The van der Waals surface area contributed by atoms with Gasteiger partial charge >= 0.3 is 0 Å². The topological polar surface area (TPSA) is 47.8 Å². The first kappa shape index (κ1) is 14.6. The van der Waals surface area contributed by atoms with E-state index in [0.29, 0.717) is 33.1 Å². The average molecular weight is 334 g/mol. The predicted octanol–water partition coefficient (Wildman–Crippen LogP) is 4.10. The molecule has 24 heavy (non-hydrogen) atoms. The Labute approximate surface area is 143 Å². The number of halogens is 1. The molecule has 0 fully saturated rings. The van der Waals surface area contributed by atoms with Gasteiger partial charge in [0.05, 0.1) is 16.6 Å². The number of hydrogen-bond acceptors (Lipinski definition) is 3. The van der Waals surface area contributed by atoms with E-state index in [1.165, 1.54) is 0 Å². The van der Waals surface area contributed by atoms with Crippen molar-refractivity contribution in [3.8, 4) is 17.2 Å². The summed E-state index contributed by atoms with van der Waals surface area (Å²) in [5.74, 6) is 0.488. The molecule has 116 valence electrons. The van der Waals surface area contributed by atoms with Crippen LogP contribution in [0.2, 0.25) is 5.02 Å². The van der Waals surface area contributed by atoms with Gasteiger partial charge in [-0.1, -0.05) is 35.9 Å². The lowest BCUT2D eigenvalue weighted by molar-refractivity contribution is 0.965. The Hall–Kier alpha value is -2.98. The van der Waals surface area contributed by atoms with Crippen LogP contribution in [0.25, 0.3) is 28.1 Å². The standard InChI is InChI=1S/C19H12ClN3O/c20-13-6-5-7-14(12-13)23-18(17-10-3-4-11-21-17)22-16-9-2-1-8-15(16)19(23)24/h1-12H. The minimum Gasteiger partial charge on any atom is -0.268 e. The maximum Gasteiger partial charge on any atom is 0.266 e. The SMILES string of the molecule is O=c1c2ccccc2nc(-c2ccccn2)n1-c1cccc(Cl)c1. The van der Waals surface area contributed by atoms with E-state index in [1.807, 2.05) is 48.5 Å². The highest BCUT2D eigenvalue weighted by Gasteiger charge is 2.15. The van der Waals surface area contributed by atoms with Gasteiger partial charge in [0.1, 0.15) is 5.69 Å². The van der Waals surface area contributed by atoms with Crippen LogP contribution in [-0.4, -0.2) is 14.5 Å². The van der Waals surface area contributed by atoms with Crippen molar-refractivity contribution in [2.75, 3.05) is 0 Å². The van der Waals surface area contributed by atoms with E-state index in [4.69, 9.17) is 11.6 Å². The van der Waals surface area contributed by atoms with Crippen molar-refractivity contribution >= 4 is 22.5 Å². The quantitative estimate of drug-likeness (QED) is 0.555. The Morgan fingerprint density at radius 3 is 2.54 bits per heavy atom. The van der Waals surface area contributed by atoms with Gasteiger partial charge in [0.2, 0.25) is 0 Å². The fourth-order valence-corrected chi connectivity index (χ4v) is 2.84. The van der Waals surface area contributed by atoms with Crippen molar-refractivity contribution in [3.63, 3.8) is 0 Å². The van der Waals surface area contributed by atoms with E-state index in [0.717, 1.165) is 0 Å². The zero-order valence-corrected chi connectivity index (χ0v) is 13.3. The number of rotatable bonds is 2. The molecule has 0 saturated heterocycles. The second-order valence-corrected chi connectivity index (χ2v) is 5.72. The molecule has 0 aliphatic carbocycles. The molecule has 5 heteroatoms. The highest BCUT2D eigenvalue weighted by atomic mass is 35.5. The Bertz CT molecular complexity index is 1090. The molecular weight excluding hydrogens is 322 g/mol. The summed E-state index contributed by atoms with van der Waals surface area (Å²) in [6, 6.07) is 20.0. The molecule has 0 amide bonds. The summed E-state index contributed by atoms with van der Waals surface area (Å²) in [4.78, 5) is 22.1. The minimum atomic E-state index is -0.150. The third-order valence-corrected chi connectivity index (χ3v) is 3.97. The number of aromatic nitrogens is 3. The summed E-state index contributed by atoms with van der Waals surface area (Å²) in [5, 5.41) is 1.11. The van der Waals surface area contributed by atoms with Crippen LogP contribution >= 0.6 is 11.6 Å². The Balaban J connectivity index is 2.13. The average Bonchev–Trinajstić information content (AvgIpc) is 2.62. The second-order valence-electron chi connectivity index (χ2n) is 5.29. The number of pyridine rings is 1. The maximum atomic E-state index is 13.1. The maximum absolute atomic E-state index is 13.1. The van der Waals surface area contributed by atoms with E-state index < -0.39 is 0 Å². The van der Waals surface area contributed by atoms with Crippen molar-refractivity contribution in [1.29, 1.82) is 0 Å². The molecule has 4 aromatic rings. The summed E-state index contributed by atoms with van der Waals surface area (Å²) < 4.78 is 1.55. The first-order valence-electron chi connectivity index (χ1n) is 7.43. The lowest BCUT2D eigenvalue weighted by Crippen LogP contribution is -2.22. The Morgan fingerprint density at radius 2 is 1.75 bits per heavy atom. The van der Waals surface area contributed by atoms with Crippen molar-refractivity contribution in [2.45, 2.75) is 0 Å². The van der Waals surface area contributed by atoms with Gasteiger partial charge in [-0.05, 0) is 42.5 Å². The monoisotopic (exact) mass is 333 g/mol. The number of benzene rings is 2. The van der Waals surface area contributed by atoms with E-state index in [-0.39, 0.29) is 5.56 Å². The van der Waals surface area contributed by atoms with E-state index in [2.05, 4.69) is 9.97 Å². The van der Waals surface area contributed by atoms with Gasteiger partial charge in [-0.15, -0.1) is 0 Å². The van der Waals surface area contributed by atoms with E-state index in [9.17, 15) is 4.79 Å². The molecule has 0 radical (unpaired) electrons. The summed E-state index contributed by atoms with van der Waals surface area (Å²) in [7, 11) is 0. The molecule has 0 N–H and O–H groups in total. The van der Waals surface area contributed by atoms with Crippen molar-refractivity contribution in [1.82, 2.24) is 14.5 Å². The van der Waals surface area contributed by atoms with Crippen LogP contribution in [-0.2, 0) is 0 Å². The Kier molecular flexibility index (Phi) is 3.59. The van der Waals surface area contributed by atoms with Gasteiger partial charge in [0.25, 0.3) is 5.56 Å². The van der Waals surface area contributed by atoms with Crippen LogP contribution in [0.5, 0.6) is 0 Å². The molecule has 2 aromatic carbocycles. The zero-order valence-electron chi connectivity index (χ0n) is 12.6. The number of para-hydroxylation sites is 1. The van der Waals surface area contributed by atoms with Gasteiger partial charge in [-0.2, -0.15) is 0 Å². The van der Waals surface area contributed by atoms with Gasteiger partial charge in [0.15, 0.2) is 5.82 Å². The van der Waals surface area contributed by atoms with Crippen LogP contribution in [0, 0.1) is 0 Å². The van der Waals surface area contributed by atoms with E-state index >= 15 is 0 Å². The summed E-state index contributed by atoms with van der Waals surface area (Å²) in [6.07, 6.45) is 1.68. The van der Waals surface area contributed by atoms with Crippen LogP contribution in [0.4, 0.5) is 0 Å². The van der Waals surface area contributed by atoms with E-state index in [1.54, 1.807) is 29.0 Å². The Morgan fingerprint density at radius 1 is 0.917 bits per heavy atom. The zero-order chi connectivity index (χ0) is 16.5. The molecule has 0 atom stereocenters. The summed E-state index contributed by atoms with van der Waals surface area (Å²) in [6.45, 7) is 0. The van der Waals surface area contributed by atoms with Gasteiger partial charge in [-0.25, -0.2) is 4.98 Å². The van der Waals surface area contributed by atoms with Crippen molar-refractivity contribution in [3.05, 3.63) is 88.3 Å². The fourth-order valence-electron chi connectivity index (χ4n) is 2.65. The summed E-state index contributed by atoms with van der Waals surface area (Å²) in [5.41, 5.74) is 1.77. The van der Waals surface area contributed by atoms with Crippen molar-refractivity contribution in [2.24, 2.45) is 0 Å². The largest absolute Gasteiger partial charge is 0.268 e. The van der Waals surface area contributed by atoms with Crippen LogP contribution in [0.15, 0.2) is 77.7 Å². The molecule has 2 aromatic heterocycles. The molecule has 0 aliphatic rings. The highest BCUT2D eigenvalue weighted by molar-refractivity contribution is 6.30. The smallest absolute Gasteiger partial charge is 0.266 e. The number of fused-ring (bicyclic) bond motifs is 1. The lowest BCUT2D eigenvalue weighted by atomic mass is 10.2. The van der Waals surface area contributed by atoms with Crippen molar-refractivity contribution < 1.29 is 0 Å². The summed E-state index contributed by atoms with van der Waals surface area (Å²) >= 11 is 6.11. The van der Waals surface area contributed by atoms with Gasteiger partial charge in [-0.3, -0.25) is 14.3 Å². The first-order chi connectivity index (χ1) is 11.7. The molecule has 2 heterocycles. The van der Waals surface area contributed by atoms with Gasteiger partial charge in [0, 0.05) is 11.2 Å². The molecular formula is C19H12ClN3O. The molecule has 0 bridgehead atoms. The first-order valence-corrected chi connectivity index (χ1v) is 7.81. The number of nitrogens with zero attached hydrogens (tertiary/aromatic N) is 3. The molecule has 4 rings (SSSR count). The fraction of sp³-hybridized carbons (Fsp3) is 0. The third kappa shape index (κ3) is 2.47. The molecule has 0 spiro atoms. The second kappa shape index (κ2) is 5.91. The normalized spacial score (nSPS) is 10.9. The molecule has 0 saturated carbocycles. The highest BCUT2D eigenvalue weighted by Crippen LogP contribution is 2.22. The van der Waals surface area contributed by atoms with Crippen LogP contribution in [0.3, 0.4) is 0 Å². The van der Waals surface area contributed by atoms with Crippen LogP contribution < -0.4 is 5.56 Å². The third-order valence-electron chi connectivity index (χ3n) is 3.74. The molecule has 0 aliphatic heterocycles. The number of hydrogen-bond donors (Lipinski definition) is 0. The molecule has 0 unspecified atom stereocenters.